The van der Waals surface area contributed by atoms with Crippen LogP contribution in [-0.4, -0.2) is 15.5 Å². The van der Waals surface area contributed by atoms with E-state index in [0.717, 1.165) is 12.0 Å². The molecule has 0 spiro atoms. The SMILES string of the molecule is CCc1ccc(CS(=O)(=O)NNC)cc1. The number of nitrogens with one attached hydrogen (secondary N) is 2. The third-order valence-corrected chi connectivity index (χ3v) is 3.27. The van der Waals surface area contributed by atoms with Crippen molar-refractivity contribution in [3.63, 3.8) is 0 Å². The summed E-state index contributed by atoms with van der Waals surface area (Å²) in [5.74, 6) is -0.00215. The van der Waals surface area contributed by atoms with Gasteiger partial charge in [0.05, 0.1) is 5.75 Å². The summed E-state index contributed by atoms with van der Waals surface area (Å²) in [4.78, 5) is 2.22. The molecule has 5 heteroatoms. The highest BCUT2D eigenvalue weighted by Crippen LogP contribution is 2.07. The van der Waals surface area contributed by atoms with Gasteiger partial charge >= 0.3 is 0 Å². The first-order valence-electron chi connectivity index (χ1n) is 4.81. The molecule has 0 aliphatic rings. The molecule has 0 aromatic heterocycles. The van der Waals surface area contributed by atoms with E-state index >= 15 is 0 Å². The average Bonchev–Trinajstić information content (AvgIpc) is 2.18. The van der Waals surface area contributed by atoms with Crippen molar-refractivity contribution in [1.82, 2.24) is 10.3 Å². The lowest BCUT2D eigenvalue weighted by molar-refractivity contribution is 0.569. The molecule has 0 aliphatic carbocycles. The van der Waals surface area contributed by atoms with Crippen molar-refractivity contribution in [1.29, 1.82) is 0 Å². The van der Waals surface area contributed by atoms with Gasteiger partial charge in [0.1, 0.15) is 0 Å². The van der Waals surface area contributed by atoms with Gasteiger partial charge < -0.3 is 0 Å². The van der Waals surface area contributed by atoms with Gasteiger partial charge in [-0.1, -0.05) is 31.2 Å². The molecule has 0 aliphatic heterocycles. The van der Waals surface area contributed by atoms with E-state index < -0.39 is 10.0 Å². The van der Waals surface area contributed by atoms with E-state index in [-0.39, 0.29) is 5.75 Å². The summed E-state index contributed by atoms with van der Waals surface area (Å²) in [7, 11) is -1.74. The topological polar surface area (TPSA) is 58.2 Å². The summed E-state index contributed by atoms with van der Waals surface area (Å²) in [5, 5.41) is 0. The van der Waals surface area contributed by atoms with Gasteiger partial charge in [-0.2, -0.15) is 4.83 Å². The molecule has 4 nitrogen and oxygen atoms in total. The maximum atomic E-state index is 11.4. The van der Waals surface area contributed by atoms with Crippen molar-refractivity contribution in [3.8, 4) is 0 Å². The van der Waals surface area contributed by atoms with Crippen LogP contribution in [0.2, 0.25) is 0 Å². The molecule has 0 amide bonds. The zero-order valence-electron chi connectivity index (χ0n) is 8.95. The molecule has 1 aromatic rings. The highest BCUT2D eigenvalue weighted by Gasteiger charge is 2.09. The number of hydrogen-bond donors (Lipinski definition) is 2. The summed E-state index contributed by atoms with van der Waals surface area (Å²) in [6.45, 7) is 2.06. The molecule has 0 unspecified atom stereocenters. The van der Waals surface area contributed by atoms with Crippen LogP contribution in [0.1, 0.15) is 18.1 Å². The second-order valence-electron chi connectivity index (χ2n) is 3.28. The number of aryl methyl sites for hydroxylation is 1. The van der Waals surface area contributed by atoms with Crippen LogP contribution < -0.4 is 10.3 Å². The average molecular weight is 228 g/mol. The molecule has 2 N–H and O–H groups in total. The van der Waals surface area contributed by atoms with Crippen LogP contribution in [0.5, 0.6) is 0 Å². The Kier molecular flexibility index (Phi) is 4.26. The third kappa shape index (κ3) is 3.99. The number of benzene rings is 1. The normalized spacial score (nSPS) is 11.6. The van der Waals surface area contributed by atoms with Crippen LogP contribution in [0.3, 0.4) is 0 Å². The van der Waals surface area contributed by atoms with E-state index in [1.54, 1.807) is 0 Å². The van der Waals surface area contributed by atoms with Gasteiger partial charge in [-0.05, 0) is 24.6 Å². The Bertz CT molecular complexity index is 398. The molecule has 0 bridgehead atoms. The molecular formula is C10H16N2O2S. The Morgan fingerprint density at radius 2 is 1.67 bits per heavy atom. The standard InChI is InChI=1S/C10H16N2O2S/c1-3-9-4-6-10(7-5-9)8-15(13,14)12-11-2/h4-7,11-12H,3,8H2,1-2H3. The van der Waals surface area contributed by atoms with Crippen LogP contribution >= 0.6 is 0 Å². The molecule has 0 fully saturated rings. The van der Waals surface area contributed by atoms with Crippen LogP contribution in [-0.2, 0) is 22.2 Å². The molecule has 0 saturated carbocycles. The molecule has 0 radical (unpaired) electrons. The van der Waals surface area contributed by atoms with E-state index in [0.29, 0.717) is 0 Å². The van der Waals surface area contributed by atoms with Crippen LogP contribution in [0.4, 0.5) is 0 Å². The predicted octanol–water partition coefficient (Wildman–Crippen LogP) is 0.803. The van der Waals surface area contributed by atoms with Gasteiger partial charge in [0.25, 0.3) is 0 Å². The van der Waals surface area contributed by atoms with Crippen molar-refractivity contribution in [3.05, 3.63) is 35.4 Å². The van der Waals surface area contributed by atoms with E-state index in [2.05, 4.69) is 17.2 Å². The van der Waals surface area contributed by atoms with Crippen molar-refractivity contribution < 1.29 is 8.42 Å². The summed E-state index contributed by atoms with van der Waals surface area (Å²) in [6, 6.07) is 7.58. The highest BCUT2D eigenvalue weighted by atomic mass is 32.2. The number of rotatable bonds is 5. The minimum absolute atomic E-state index is 0.00215. The first-order chi connectivity index (χ1) is 7.07. The van der Waals surface area contributed by atoms with E-state index in [1.165, 1.54) is 12.6 Å². The fourth-order valence-electron chi connectivity index (χ4n) is 1.28. The fraction of sp³-hybridized carbons (Fsp3) is 0.400. The van der Waals surface area contributed by atoms with Crippen LogP contribution in [0, 0.1) is 0 Å². The van der Waals surface area contributed by atoms with Gasteiger partial charge in [-0.15, -0.1) is 0 Å². The Hall–Kier alpha value is -0.910. The molecule has 1 rings (SSSR count). The van der Waals surface area contributed by atoms with Crippen molar-refractivity contribution in [2.24, 2.45) is 0 Å². The third-order valence-electron chi connectivity index (χ3n) is 2.05. The Morgan fingerprint density at radius 1 is 1.13 bits per heavy atom. The van der Waals surface area contributed by atoms with Crippen molar-refractivity contribution in [2.75, 3.05) is 7.05 Å². The van der Waals surface area contributed by atoms with E-state index in [1.807, 2.05) is 24.3 Å². The quantitative estimate of drug-likeness (QED) is 0.733. The van der Waals surface area contributed by atoms with Gasteiger partial charge in [-0.25, -0.2) is 13.8 Å². The van der Waals surface area contributed by atoms with Gasteiger partial charge in [-0.3, -0.25) is 0 Å². The summed E-state index contributed by atoms with van der Waals surface area (Å²) in [6.07, 6.45) is 0.960. The minimum Gasteiger partial charge on any atom is -0.247 e. The second kappa shape index (κ2) is 5.25. The minimum atomic E-state index is -3.27. The molecule has 0 saturated heterocycles. The Labute approximate surface area is 90.7 Å². The van der Waals surface area contributed by atoms with Gasteiger partial charge in [0.2, 0.25) is 10.0 Å². The maximum absolute atomic E-state index is 11.4. The Morgan fingerprint density at radius 3 is 2.13 bits per heavy atom. The molecule has 84 valence electrons. The highest BCUT2D eigenvalue weighted by molar-refractivity contribution is 7.88. The predicted molar refractivity (Wildman–Crippen MR) is 60.6 cm³/mol. The van der Waals surface area contributed by atoms with Crippen LogP contribution in [0.25, 0.3) is 0 Å². The first kappa shape index (κ1) is 12.2. The van der Waals surface area contributed by atoms with Gasteiger partial charge in [0.15, 0.2) is 0 Å². The maximum Gasteiger partial charge on any atom is 0.228 e. The Balaban J connectivity index is 2.73. The molecule has 1 aromatic carbocycles. The molecule has 0 heterocycles. The smallest absolute Gasteiger partial charge is 0.228 e. The van der Waals surface area contributed by atoms with E-state index in [4.69, 9.17) is 0 Å². The second-order valence-corrected chi connectivity index (χ2v) is 5.00. The monoisotopic (exact) mass is 228 g/mol. The first-order valence-corrected chi connectivity index (χ1v) is 6.46. The zero-order chi connectivity index (χ0) is 11.3. The van der Waals surface area contributed by atoms with Crippen molar-refractivity contribution in [2.45, 2.75) is 19.1 Å². The molecule has 15 heavy (non-hydrogen) atoms. The zero-order valence-corrected chi connectivity index (χ0v) is 9.76. The summed E-state index contributed by atoms with van der Waals surface area (Å²) in [5.41, 5.74) is 4.41. The van der Waals surface area contributed by atoms with Gasteiger partial charge in [0, 0.05) is 0 Å². The molecular weight excluding hydrogens is 212 g/mol. The number of sulfonamides is 1. The lowest BCUT2D eigenvalue weighted by Gasteiger charge is -2.05. The molecule has 0 atom stereocenters. The van der Waals surface area contributed by atoms with Crippen molar-refractivity contribution >= 4 is 10.0 Å². The fourth-order valence-corrected chi connectivity index (χ4v) is 2.30. The number of hydrogen-bond acceptors (Lipinski definition) is 3. The number of hydrazine groups is 1. The lowest BCUT2D eigenvalue weighted by atomic mass is 10.1. The summed E-state index contributed by atoms with van der Waals surface area (Å²) >= 11 is 0. The van der Waals surface area contributed by atoms with E-state index in [9.17, 15) is 8.42 Å². The summed E-state index contributed by atoms with van der Waals surface area (Å²) < 4.78 is 22.8. The lowest BCUT2D eigenvalue weighted by Crippen LogP contribution is -2.35. The van der Waals surface area contributed by atoms with Crippen LogP contribution in [0.15, 0.2) is 24.3 Å². The largest absolute Gasteiger partial charge is 0.247 e.